The van der Waals surface area contributed by atoms with Gasteiger partial charge in [0.05, 0.1) is 17.9 Å². The summed E-state index contributed by atoms with van der Waals surface area (Å²) >= 11 is 0. The number of aryl methyl sites for hydroxylation is 2. The van der Waals surface area contributed by atoms with Crippen molar-refractivity contribution < 1.29 is 9.53 Å². The number of hydrogen-bond acceptors (Lipinski definition) is 4. The van der Waals surface area contributed by atoms with E-state index in [4.69, 9.17) is 4.74 Å². The van der Waals surface area contributed by atoms with Crippen LogP contribution >= 0.6 is 0 Å². The Morgan fingerprint density at radius 2 is 2.17 bits per heavy atom. The van der Waals surface area contributed by atoms with Gasteiger partial charge in [0, 0.05) is 27.2 Å². The average Bonchev–Trinajstić information content (AvgIpc) is 2.58. The Labute approximate surface area is 109 Å². The number of nitrogens with zero attached hydrogens (tertiary/aromatic N) is 3. The number of aldehydes is 1. The van der Waals surface area contributed by atoms with Crippen molar-refractivity contribution >= 4 is 12.1 Å². The van der Waals surface area contributed by atoms with Gasteiger partial charge in [-0.2, -0.15) is 5.10 Å². The van der Waals surface area contributed by atoms with Crippen LogP contribution in [0.2, 0.25) is 0 Å². The van der Waals surface area contributed by atoms with Crippen LogP contribution in [0.1, 0.15) is 29.9 Å². The first-order valence-corrected chi connectivity index (χ1v) is 6.23. The van der Waals surface area contributed by atoms with Crippen molar-refractivity contribution in [2.75, 3.05) is 31.7 Å². The van der Waals surface area contributed by atoms with Crippen molar-refractivity contribution in [2.24, 2.45) is 13.0 Å². The van der Waals surface area contributed by atoms with Gasteiger partial charge in [-0.05, 0) is 12.8 Å². The van der Waals surface area contributed by atoms with Gasteiger partial charge in [0.1, 0.15) is 5.82 Å². The molecule has 0 bridgehead atoms. The van der Waals surface area contributed by atoms with Crippen LogP contribution in [0.5, 0.6) is 0 Å². The standard InChI is InChI=1S/C13H23N3O2/c1-10(2)8-16(6-7-18-5)13-12(9-17)11(3)14-15(13)4/h9-10H,6-8H2,1-5H3. The molecule has 0 saturated carbocycles. The second-order valence-electron chi connectivity index (χ2n) is 4.90. The van der Waals surface area contributed by atoms with E-state index in [1.807, 2.05) is 14.0 Å². The van der Waals surface area contributed by atoms with E-state index >= 15 is 0 Å². The highest BCUT2D eigenvalue weighted by atomic mass is 16.5. The Balaban J connectivity index is 3.06. The molecular formula is C13H23N3O2. The molecule has 102 valence electrons. The zero-order valence-corrected chi connectivity index (χ0v) is 11.9. The fraction of sp³-hybridized carbons (Fsp3) is 0.692. The lowest BCUT2D eigenvalue weighted by Gasteiger charge is -2.26. The maximum atomic E-state index is 11.2. The Morgan fingerprint density at radius 3 is 2.67 bits per heavy atom. The van der Waals surface area contributed by atoms with Crippen LogP contribution in [0.4, 0.5) is 5.82 Å². The number of hydrogen-bond donors (Lipinski definition) is 0. The minimum absolute atomic E-state index is 0.511. The molecule has 0 unspecified atom stereocenters. The summed E-state index contributed by atoms with van der Waals surface area (Å²) < 4.78 is 6.91. The molecule has 0 amide bonds. The summed E-state index contributed by atoms with van der Waals surface area (Å²) in [6.07, 6.45) is 0.887. The third-order valence-electron chi connectivity index (χ3n) is 2.81. The molecule has 5 nitrogen and oxygen atoms in total. The SMILES string of the molecule is COCCN(CC(C)C)c1c(C=O)c(C)nn1C. The minimum atomic E-state index is 0.511. The summed E-state index contributed by atoms with van der Waals surface area (Å²) in [5.74, 6) is 1.39. The molecule has 0 radical (unpaired) electrons. The molecule has 18 heavy (non-hydrogen) atoms. The van der Waals surface area contributed by atoms with Crippen molar-refractivity contribution in [1.29, 1.82) is 0 Å². The number of carbonyl (C=O) groups excluding carboxylic acids is 1. The lowest BCUT2D eigenvalue weighted by atomic mass is 10.2. The molecule has 5 heteroatoms. The highest BCUT2D eigenvalue weighted by Crippen LogP contribution is 2.22. The normalized spacial score (nSPS) is 11.0. The molecule has 0 atom stereocenters. The topological polar surface area (TPSA) is 47.4 Å². The number of carbonyl (C=O) groups is 1. The number of methoxy groups -OCH3 is 1. The van der Waals surface area contributed by atoms with Crippen LogP contribution in [0, 0.1) is 12.8 Å². The van der Waals surface area contributed by atoms with Gasteiger partial charge in [-0.15, -0.1) is 0 Å². The van der Waals surface area contributed by atoms with E-state index < -0.39 is 0 Å². The number of rotatable bonds is 7. The van der Waals surface area contributed by atoms with Crippen LogP contribution in [0.25, 0.3) is 0 Å². The van der Waals surface area contributed by atoms with E-state index in [-0.39, 0.29) is 0 Å². The monoisotopic (exact) mass is 253 g/mol. The summed E-state index contributed by atoms with van der Waals surface area (Å²) in [4.78, 5) is 13.4. The molecule has 0 N–H and O–H groups in total. The molecule has 1 aromatic rings. The second-order valence-corrected chi connectivity index (χ2v) is 4.90. The molecule has 0 aliphatic carbocycles. The largest absolute Gasteiger partial charge is 0.383 e. The fourth-order valence-electron chi connectivity index (χ4n) is 2.10. The molecule has 0 aliphatic rings. The van der Waals surface area contributed by atoms with Gasteiger partial charge >= 0.3 is 0 Å². The Kier molecular flexibility index (Phi) is 5.34. The van der Waals surface area contributed by atoms with Crippen molar-refractivity contribution in [3.8, 4) is 0 Å². The van der Waals surface area contributed by atoms with Gasteiger partial charge in [-0.3, -0.25) is 9.48 Å². The quantitative estimate of drug-likeness (QED) is 0.693. The van der Waals surface area contributed by atoms with Gasteiger partial charge in [0.15, 0.2) is 6.29 Å². The van der Waals surface area contributed by atoms with Crippen LogP contribution in [-0.4, -0.2) is 42.9 Å². The molecule has 1 heterocycles. The summed E-state index contributed by atoms with van der Waals surface area (Å²) in [5, 5.41) is 4.32. The van der Waals surface area contributed by atoms with E-state index in [0.29, 0.717) is 18.1 Å². The predicted octanol–water partition coefficient (Wildman–Crippen LogP) is 1.65. The summed E-state index contributed by atoms with van der Waals surface area (Å²) in [6, 6.07) is 0. The van der Waals surface area contributed by atoms with Gasteiger partial charge in [0.2, 0.25) is 0 Å². The van der Waals surface area contributed by atoms with Crippen molar-refractivity contribution in [2.45, 2.75) is 20.8 Å². The molecule has 1 rings (SSSR count). The summed E-state index contributed by atoms with van der Waals surface area (Å²) in [6.45, 7) is 8.44. The molecule has 0 aromatic carbocycles. The summed E-state index contributed by atoms with van der Waals surface area (Å²) in [7, 11) is 3.55. The Bertz CT molecular complexity index is 399. The van der Waals surface area contributed by atoms with E-state index in [1.54, 1.807) is 11.8 Å². The predicted molar refractivity (Wildman–Crippen MR) is 72.3 cm³/mol. The highest BCUT2D eigenvalue weighted by molar-refractivity contribution is 5.84. The second kappa shape index (κ2) is 6.54. The van der Waals surface area contributed by atoms with E-state index in [1.165, 1.54) is 0 Å². The van der Waals surface area contributed by atoms with Crippen LogP contribution in [-0.2, 0) is 11.8 Å². The zero-order chi connectivity index (χ0) is 13.7. The van der Waals surface area contributed by atoms with Gasteiger partial charge in [-0.1, -0.05) is 13.8 Å². The highest BCUT2D eigenvalue weighted by Gasteiger charge is 2.19. The van der Waals surface area contributed by atoms with Crippen molar-refractivity contribution in [1.82, 2.24) is 9.78 Å². The van der Waals surface area contributed by atoms with E-state index in [0.717, 1.165) is 30.9 Å². The smallest absolute Gasteiger partial charge is 0.155 e. The fourth-order valence-corrected chi connectivity index (χ4v) is 2.10. The first-order valence-electron chi connectivity index (χ1n) is 6.23. The lowest BCUT2D eigenvalue weighted by molar-refractivity contribution is 0.112. The molecule has 0 saturated heterocycles. The maximum absolute atomic E-state index is 11.2. The molecular weight excluding hydrogens is 230 g/mol. The van der Waals surface area contributed by atoms with Crippen LogP contribution < -0.4 is 4.90 Å². The first kappa shape index (κ1) is 14.7. The number of anilines is 1. The molecule has 0 spiro atoms. The molecule has 0 aliphatic heterocycles. The summed E-state index contributed by atoms with van der Waals surface area (Å²) in [5.41, 5.74) is 1.45. The first-order chi connectivity index (χ1) is 8.51. The van der Waals surface area contributed by atoms with E-state index in [9.17, 15) is 4.79 Å². The van der Waals surface area contributed by atoms with Crippen LogP contribution in [0.3, 0.4) is 0 Å². The third kappa shape index (κ3) is 3.32. The Morgan fingerprint density at radius 1 is 1.50 bits per heavy atom. The van der Waals surface area contributed by atoms with E-state index in [2.05, 4.69) is 23.8 Å². The van der Waals surface area contributed by atoms with Gasteiger partial charge in [0.25, 0.3) is 0 Å². The lowest BCUT2D eigenvalue weighted by Crippen LogP contribution is -2.33. The van der Waals surface area contributed by atoms with Crippen LogP contribution in [0.15, 0.2) is 0 Å². The third-order valence-corrected chi connectivity index (χ3v) is 2.81. The van der Waals surface area contributed by atoms with Crippen molar-refractivity contribution in [3.63, 3.8) is 0 Å². The Hall–Kier alpha value is -1.36. The number of ether oxygens (including phenoxy) is 1. The zero-order valence-electron chi connectivity index (χ0n) is 11.9. The number of aromatic nitrogens is 2. The van der Waals surface area contributed by atoms with Gasteiger partial charge < -0.3 is 9.64 Å². The minimum Gasteiger partial charge on any atom is -0.383 e. The van der Waals surface area contributed by atoms with Gasteiger partial charge in [-0.25, -0.2) is 0 Å². The maximum Gasteiger partial charge on any atom is 0.155 e. The molecule has 0 fully saturated rings. The molecule has 1 aromatic heterocycles. The van der Waals surface area contributed by atoms with Crippen molar-refractivity contribution in [3.05, 3.63) is 11.3 Å². The average molecular weight is 253 g/mol.